The number of rotatable bonds is 3. The van der Waals surface area contributed by atoms with E-state index < -0.39 is 11.6 Å². The van der Waals surface area contributed by atoms with Gasteiger partial charge in [-0.3, -0.25) is 0 Å². The average Bonchev–Trinajstić information content (AvgIpc) is 2.77. The van der Waals surface area contributed by atoms with Gasteiger partial charge in [0.2, 0.25) is 0 Å². The number of ether oxygens (including phenoxy) is 2. The second-order valence-electron chi connectivity index (χ2n) is 6.53. The zero-order valence-corrected chi connectivity index (χ0v) is 14.9. The van der Waals surface area contributed by atoms with Crippen molar-refractivity contribution in [1.82, 2.24) is 4.90 Å². The number of nitrogens with two attached hydrogens (primary N) is 1. The number of anilines is 1. The van der Waals surface area contributed by atoms with Crippen molar-refractivity contribution in [1.29, 1.82) is 0 Å². The van der Waals surface area contributed by atoms with Gasteiger partial charge in [-0.05, 0) is 39.2 Å². The molecule has 1 aliphatic heterocycles. The predicted octanol–water partition coefficient (Wildman–Crippen LogP) is 3.19. The summed E-state index contributed by atoms with van der Waals surface area (Å²) in [5, 5.41) is 0.452. The Bertz CT molecular complexity index is 604. The Morgan fingerprint density at radius 1 is 1.35 bits per heavy atom. The van der Waals surface area contributed by atoms with Crippen molar-refractivity contribution in [3.05, 3.63) is 16.0 Å². The molecule has 7 heteroatoms. The number of hydrogen-bond acceptors (Lipinski definition) is 6. The fourth-order valence-electron chi connectivity index (χ4n) is 2.41. The molecule has 1 aromatic rings. The smallest absolute Gasteiger partial charge is 0.410 e. The molecule has 1 aliphatic rings. The molecule has 0 radical (unpaired) electrons. The highest BCUT2D eigenvalue weighted by Crippen LogP contribution is 2.36. The molecule has 23 heavy (non-hydrogen) atoms. The van der Waals surface area contributed by atoms with Gasteiger partial charge in [0.05, 0.1) is 18.7 Å². The molecule has 0 saturated heterocycles. The number of thiophene rings is 1. The molecule has 1 aromatic heterocycles. The van der Waals surface area contributed by atoms with Gasteiger partial charge in [-0.2, -0.15) is 0 Å². The van der Waals surface area contributed by atoms with Crippen molar-refractivity contribution in [2.45, 2.75) is 52.7 Å². The van der Waals surface area contributed by atoms with E-state index in [2.05, 4.69) is 0 Å². The molecule has 0 aromatic carbocycles. The van der Waals surface area contributed by atoms with Gasteiger partial charge < -0.3 is 20.1 Å². The number of amides is 1. The van der Waals surface area contributed by atoms with Crippen molar-refractivity contribution in [2.75, 3.05) is 18.9 Å². The molecule has 0 atom stereocenters. The summed E-state index contributed by atoms with van der Waals surface area (Å²) < 4.78 is 10.6. The van der Waals surface area contributed by atoms with Crippen molar-refractivity contribution >= 4 is 28.4 Å². The van der Waals surface area contributed by atoms with Crippen LogP contribution in [0.5, 0.6) is 0 Å². The standard InChI is InChI=1S/C16H24N2O4S/c1-5-8-21-15(20)18-7-6-10-11(9-18)23-13(17)12(10)14(19)22-16(2,3)4/h5-9,17H2,1-4H3. The molecule has 0 fully saturated rings. The van der Waals surface area contributed by atoms with Crippen molar-refractivity contribution in [3.8, 4) is 0 Å². The first-order valence-electron chi connectivity index (χ1n) is 7.78. The SMILES string of the molecule is CCCOC(=O)N1CCc2c(sc(N)c2C(=O)OC(C)(C)C)C1. The van der Waals surface area contributed by atoms with Crippen molar-refractivity contribution in [2.24, 2.45) is 0 Å². The second kappa shape index (κ2) is 6.78. The molecule has 2 heterocycles. The maximum absolute atomic E-state index is 12.4. The predicted molar refractivity (Wildman–Crippen MR) is 89.7 cm³/mol. The van der Waals surface area contributed by atoms with Gasteiger partial charge in [0.15, 0.2) is 0 Å². The van der Waals surface area contributed by atoms with E-state index in [4.69, 9.17) is 15.2 Å². The molecule has 0 bridgehead atoms. The monoisotopic (exact) mass is 340 g/mol. The fourth-order valence-corrected chi connectivity index (χ4v) is 3.54. The third-order valence-corrected chi connectivity index (χ3v) is 4.42. The Morgan fingerprint density at radius 2 is 2.04 bits per heavy atom. The van der Waals surface area contributed by atoms with Crippen LogP contribution < -0.4 is 5.73 Å². The Kier molecular flexibility index (Phi) is 5.19. The van der Waals surface area contributed by atoms with Gasteiger partial charge in [0.1, 0.15) is 10.6 Å². The van der Waals surface area contributed by atoms with E-state index >= 15 is 0 Å². The first kappa shape index (κ1) is 17.6. The van der Waals surface area contributed by atoms with Gasteiger partial charge in [-0.1, -0.05) is 6.92 Å². The Morgan fingerprint density at radius 3 is 2.65 bits per heavy atom. The van der Waals surface area contributed by atoms with E-state index in [1.165, 1.54) is 11.3 Å². The molecular weight excluding hydrogens is 316 g/mol. The van der Waals surface area contributed by atoms with Crippen LogP contribution in [-0.2, 0) is 22.4 Å². The lowest BCUT2D eigenvalue weighted by Crippen LogP contribution is -2.36. The minimum Gasteiger partial charge on any atom is -0.456 e. The van der Waals surface area contributed by atoms with Gasteiger partial charge in [-0.25, -0.2) is 9.59 Å². The molecule has 0 spiro atoms. The van der Waals surface area contributed by atoms with E-state index in [-0.39, 0.29) is 6.09 Å². The zero-order chi connectivity index (χ0) is 17.2. The van der Waals surface area contributed by atoms with Crippen LogP contribution in [0.4, 0.5) is 9.80 Å². The van der Waals surface area contributed by atoms with Crippen LogP contribution in [0.15, 0.2) is 0 Å². The number of hydrogen-bond donors (Lipinski definition) is 1. The number of nitrogens with zero attached hydrogens (tertiary/aromatic N) is 1. The van der Waals surface area contributed by atoms with Crippen LogP contribution in [0.2, 0.25) is 0 Å². The van der Waals surface area contributed by atoms with E-state index in [0.717, 1.165) is 16.9 Å². The number of carbonyl (C=O) groups excluding carboxylic acids is 2. The highest BCUT2D eigenvalue weighted by atomic mass is 32.1. The van der Waals surface area contributed by atoms with Crippen LogP contribution in [0.25, 0.3) is 0 Å². The molecule has 128 valence electrons. The van der Waals surface area contributed by atoms with Crippen molar-refractivity contribution in [3.63, 3.8) is 0 Å². The lowest BCUT2D eigenvalue weighted by Gasteiger charge is -2.26. The van der Waals surface area contributed by atoms with Gasteiger partial charge in [0.25, 0.3) is 0 Å². The number of nitrogen functional groups attached to an aromatic ring is 1. The third-order valence-electron chi connectivity index (χ3n) is 3.37. The molecule has 0 saturated carbocycles. The number of esters is 1. The van der Waals surface area contributed by atoms with Gasteiger partial charge in [-0.15, -0.1) is 11.3 Å². The van der Waals surface area contributed by atoms with E-state index in [0.29, 0.717) is 36.7 Å². The zero-order valence-electron chi connectivity index (χ0n) is 14.1. The Hall–Kier alpha value is -1.76. The second-order valence-corrected chi connectivity index (χ2v) is 7.67. The van der Waals surface area contributed by atoms with Gasteiger partial charge >= 0.3 is 12.1 Å². The normalized spacial score (nSPS) is 14.3. The largest absolute Gasteiger partial charge is 0.456 e. The van der Waals surface area contributed by atoms with Crippen LogP contribution >= 0.6 is 11.3 Å². The molecule has 2 N–H and O–H groups in total. The molecule has 1 amide bonds. The van der Waals surface area contributed by atoms with Crippen LogP contribution in [0.1, 0.15) is 54.9 Å². The summed E-state index contributed by atoms with van der Waals surface area (Å²) in [7, 11) is 0. The first-order chi connectivity index (χ1) is 10.7. The topological polar surface area (TPSA) is 81.9 Å². The highest BCUT2D eigenvalue weighted by molar-refractivity contribution is 7.16. The minimum atomic E-state index is -0.566. The minimum absolute atomic E-state index is 0.316. The van der Waals surface area contributed by atoms with E-state index in [1.807, 2.05) is 27.7 Å². The maximum Gasteiger partial charge on any atom is 0.410 e. The highest BCUT2D eigenvalue weighted by Gasteiger charge is 2.31. The molecule has 2 rings (SSSR count). The summed E-state index contributed by atoms with van der Waals surface area (Å²) in [6.07, 6.45) is 1.06. The molecular formula is C16H24N2O4S. The van der Waals surface area contributed by atoms with Crippen LogP contribution in [0, 0.1) is 0 Å². The summed E-state index contributed by atoms with van der Waals surface area (Å²) in [6.45, 7) is 8.78. The Labute approximate surface area is 140 Å². The quantitative estimate of drug-likeness (QED) is 0.855. The number of fused-ring (bicyclic) bond motifs is 1. The summed E-state index contributed by atoms with van der Waals surface area (Å²) in [6, 6.07) is 0. The average molecular weight is 340 g/mol. The van der Waals surface area contributed by atoms with Crippen LogP contribution in [-0.4, -0.2) is 35.7 Å². The Balaban J connectivity index is 2.16. The summed E-state index contributed by atoms with van der Waals surface area (Å²) in [5.74, 6) is -0.394. The maximum atomic E-state index is 12.4. The third kappa shape index (κ3) is 4.16. The van der Waals surface area contributed by atoms with E-state index in [1.54, 1.807) is 4.90 Å². The summed E-state index contributed by atoms with van der Waals surface area (Å²) >= 11 is 1.34. The number of carbonyl (C=O) groups is 2. The van der Waals surface area contributed by atoms with Crippen LogP contribution in [0.3, 0.4) is 0 Å². The molecule has 6 nitrogen and oxygen atoms in total. The molecule has 0 aliphatic carbocycles. The van der Waals surface area contributed by atoms with Gasteiger partial charge in [0, 0.05) is 11.4 Å². The lowest BCUT2D eigenvalue weighted by molar-refractivity contribution is 0.00698. The fraction of sp³-hybridized carbons (Fsp3) is 0.625. The van der Waals surface area contributed by atoms with E-state index in [9.17, 15) is 9.59 Å². The first-order valence-corrected chi connectivity index (χ1v) is 8.59. The molecule has 0 unspecified atom stereocenters. The summed E-state index contributed by atoms with van der Waals surface area (Å²) in [5.41, 5.74) is 6.82. The lowest BCUT2D eigenvalue weighted by atomic mass is 10.0. The summed E-state index contributed by atoms with van der Waals surface area (Å²) in [4.78, 5) is 26.9. The van der Waals surface area contributed by atoms with Crippen molar-refractivity contribution < 1.29 is 19.1 Å².